The second-order valence-electron chi connectivity index (χ2n) is 22.6. The molecule has 0 aliphatic heterocycles. The molecule has 12 aromatic rings. The van der Waals surface area contributed by atoms with Crippen molar-refractivity contribution in [3.63, 3.8) is 0 Å². The van der Waals surface area contributed by atoms with Gasteiger partial charge in [-0.15, -0.1) is 0 Å². The van der Waals surface area contributed by atoms with Crippen LogP contribution in [0.1, 0.15) is 88.1 Å². The van der Waals surface area contributed by atoms with Crippen molar-refractivity contribution in [2.24, 2.45) is 0 Å². The molecule has 0 atom stereocenters. The van der Waals surface area contributed by atoms with Gasteiger partial charge in [0, 0.05) is 23.6 Å². The first-order chi connectivity index (χ1) is 46.6. The maximum atomic E-state index is 14.2. The summed E-state index contributed by atoms with van der Waals surface area (Å²) in [6.07, 6.45) is 0. The third-order valence-electron chi connectivity index (χ3n) is 15.8. The first kappa shape index (κ1) is 63.0. The van der Waals surface area contributed by atoms with Crippen molar-refractivity contribution in [3.8, 4) is 51.7 Å². The zero-order valence-electron chi connectivity index (χ0n) is 52.1. The highest BCUT2D eigenvalue weighted by Gasteiger charge is 2.32. The molecule has 0 N–H and O–H groups in total. The van der Waals surface area contributed by atoms with Crippen LogP contribution in [0.3, 0.4) is 0 Å². The summed E-state index contributed by atoms with van der Waals surface area (Å²) in [6.45, 7) is 3.72. The van der Waals surface area contributed by atoms with E-state index in [4.69, 9.17) is 42.6 Å². The minimum absolute atomic E-state index is 0.232. The lowest BCUT2D eigenvalue weighted by Crippen LogP contribution is -2.25. The average molecular weight is 1260 g/mol. The largest absolute Gasteiger partial charge is 0.489 e. The Morgan fingerprint density at radius 1 is 0.232 bits per heavy atom. The molecule has 12 aromatic carbocycles. The number of benzene rings is 12. The van der Waals surface area contributed by atoms with Crippen molar-refractivity contribution in [1.82, 2.24) is 0 Å². The number of esters is 3. The number of rotatable bonds is 27. The zero-order valence-corrected chi connectivity index (χ0v) is 52.1. The smallest absolute Gasteiger partial charge is 0.343 e. The Balaban J connectivity index is 0.813. The molecular formula is C83H66O12. The van der Waals surface area contributed by atoms with Gasteiger partial charge in [-0.25, -0.2) is 14.4 Å². The van der Waals surface area contributed by atoms with Crippen molar-refractivity contribution >= 4 is 17.9 Å². The van der Waals surface area contributed by atoms with E-state index in [1.807, 2.05) is 218 Å². The van der Waals surface area contributed by atoms with Crippen molar-refractivity contribution in [2.75, 3.05) is 0 Å². The number of carbonyl (C=O) groups excluding carboxylic acids is 3. The van der Waals surface area contributed by atoms with E-state index in [1.54, 1.807) is 91.0 Å². The first-order valence-electron chi connectivity index (χ1n) is 31.0. The SMILES string of the molecule is CC(c1ccc(OC(=O)c2cc(OCc3ccccc3)cc(OCc3ccccc3)c2)cc1)(c1ccc(OC(=O)c2cc(OCc3ccccc3)cc(OCc3ccccc3)c2)cc1)c1ccc(OC(=O)c2cc(OCc3ccccc3)cc(OCc3ccccc3)c2)cc1. The maximum absolute atomic E-state index is 14.2. The van der Waals surface area contributed by atoms with Gasteiger partial charge in [0.1, 0.15) is 91.4 Å². The van der Waals surface area contributed by atoms with E-state index in [1.165, 1.54) is 0 Å². The van der Waals surface area contributed by atoms with E-state index >= 15 is 0 Å². The molecule has 95 heavy (non-hydrogen) atoms. The van der Waals surface area contributed by atoms with Gasteiger partial charge < -0.3 is 42.6 Å². The molecule has 0 aliphatic rings. The van der Waals surface area contributed by atoms with Crippen LogP contribution in [0.4, 0.5) is 0 Å². The Bertz CT molecular complexity index is 3830. The quantitative estimate of drug-likeness (QED) is 0.0276. The molecule has 0 bridgehead atoms. The van der Waals surface area contributed by atoms with Gasteiger partial charge in [-0.2, -0.15) is 0 Å². The molecule has 0 aliphatic carbocycles. The number of carbonyl (C=O) groups is 3. The van der Waals surface area contributed by atoms with Gasteiger partial charge in [0.2, 0.25) is 0 Å². The molecule has 0 aromatic heterocycles. The fourth-order valence-corrected chi connectivity index (χ4v) is 10.6. The summed E-state index contributed by atoms with van der Waals surface area (Å²) in [5.41, 5.74) is 7.97. The van der Waals surface area contributed by atoms with Crippen LogP contribution in [-0.2, 0) is 45.1 Å². The molecule has 0 heterocycles. The van der Waals surface area contributed by atoms with Crippen LogP contribution in [0.25, 0.3) is 0 Å². The predicted molar refractivity (Wildman–Crippen MR) is 364 cm³/mol. The topological polar surface area (TPSA) is 134 Å². The number of hydrogen-bond acceptors (Lipinski definition) is 12. The highest BCUT2D eigenvalue weighted by atomic mass is 16.5. The minimum atomic E-state index is -0.923. The Kier molecular flexibility index (Phi) is 20.4. The van der Waals surface area contributed by atoms with Crippen LogP contribution in [0.2, 0.25) is 0 Å². The molecule has 0 fully saturated rings. The van der Waals surface area contributed by atoms with Gasteiger partial charge in [0.15, 0.2) is 0 Å². The van der Waals surface area contributed by atoms with E-state index < -0.39 is 23.3 Å². The Morgan fingerprint density at radius 3 is 0.589 bits per heavy atom. The number of hydrogen-bond donors (Lipinski definition) is 0. The van der Waals surface area contributed by atoms with Gasteiger partial charge in [-0.3, -0.25) is 0 Å². The predicted octanol–water partition coefficient (Wildman–Crippen LogP) is 18.2. The molecule has 0 radical (unpaired) electrons. The third kappa shape index (κ3) is 17.3. The molecule has 0 saturated heterocycles. The Labute approximate surface area is 552 Å². The summed E-state index contributed by atoms with van der Waals surface area (Å²) in [6, 6.07) is 95.5. The van der Waals surface area contributed by atoms with E-state index in [2.05, 4.69) is 6.92 Å². The van der Waals surface area contributed by atoms with Crippen LogP contribution in [0.5, 0.6) is 51.7 Å². The Hall–Kier alpha value is -12.2. The van der Waals surface area contributed by atoms with Crippen molar-refractivity contribution < 1.29 is 57.0 Å². The first-order valence-corrected chi connectivity index (χ1v) is 31.0. The minimum Gasteiger partial charge on any atom is -0.489 e. The van der Waals surface area contributed by atoms with Gasteiger partial charge in [-0.05, 0) is 130 Å². The second-order valence-corrected chi connectivity index (χ2v) is 22.6. The lowest BCUT2D eigenvalue weighted by Gasteiger charge is -2.32. The van der Waals surface area contributed by atoms with Crippen LogP contribution >= 0.6 is 0 Å². The lowest BCUT2D eigenvalue weighted by atomic mass is 9.71. The van der Waals surface area contributed by atoms with Crippen molar-refractivity contribution in [1.29, 1.82) is 0 Å². The van der Waals surface area contributed by atoms with Gasteiger partial charge in [0.05, 0.1) is 16.7 Å². The summed E-state index contributed by atoms with van der Waals surface area (Å²) in [7, 11) is 0. The fraction of sp³-hybridized carbons (Fsp3) is 0.0964. The molecular weight excluding hydrogens is 1190 g/mol. The molecule has 0 spiro atoms. The normalized spacial score (nSPS) is 11.0. The van der Waals surface area contributed by atoms with E-state index in [0.29, 0.717) is 51.7 Å². The average Bonchev–Trinajstić information content (AvgIpc) is 0.827. The summed E-state index contributed by atoms with van der Waals surface area (Å²) in [4.78, 5) is 42.5. The summed E-state index contributed by atoms with van der Waals surface area (Å²) < 4.78 is 55.4. The maximum Gasteiger partial charge on any atom is 0.343 e. The van der Waals surface area contributed by atoms with E-state index in [-0.39, 0.29) is 56.3 Å². The van der Waals surface area contributed by atoms with Gasteiger partial charge >= 0.3 is 17.9 Å². The molecule has 12 heteroatoms. The molecule has 0 amide bonds. The molecule has 470 valence electrons. The molecule has 12 nitrogen and oxygen atoms in total. The second kappa shape index (κ2) is 30.8. The van der Waals surface area contributed by atoms with Crippen LogP contribution in [0, 0.1) is 0 Å². The zero-order chi connectivity index (χ0) is 65.0. The van der Waals surface area contributed by atoms with Gasteiger partial charge in [0.25, 0.3) is 0 Å². The summed E-state index contributed by atoms with van der Waals surface area (Å²) in [5, 5.41) is 0. The lowest BCUT2D eigenvalue weighted by molar-refractivity contribution is 0.0724. The van der Waals surface area contributed by atoms with Crippen LogP contribution in [0.15, 0.2) is 309 Å². The standard InChI is InChI=1S/C83H66O12/c1-83(68-32-38-71(39-33-68)93-80(84)65-44-74(87-53-59-20-8-2-9-21-59)50-75(45-65)88-54-60-22-10-3-11-23-60,69-34-40-72(41-35-69)94-81(85)66-46-76(89-55-61-24-12-4-13-25-61)51-77(47-66)90-56-62-26-14-5-15-27-62)70-36-42-73(43-37-70)95-82(86)67-48-78(91-57-63-28-16-6-17-29-63)52-79(49-67)92-58-64-30-18-7-19-31-64/h2-52H,53-58H2,1H3. The van der Waals surface area contributed by atoms with E-state index in [0.717, 1.165) is 50.1 Å². The third-order valence-corrected chi connectivity index (χ3v) is 15.8. The molecule has 0 saturated carbocycles. The van der Waals surface area contributed by atoms with Gasteiger partial charge in [-0.1, -0.05) is 218 Å². The summed E-state index contributed by atoms with van der Waals surface area (Å²) in [5.74, 6) is 1.65. The van der Waals surface area contributed by atoms with Crippen LogP contribution < -0.4 is 42.6 Å². The van der Waals surface area contributed by atoms with Crippen molar-refractivity contribution in [3.05, 3.63) is 376 Å². The Morgan fingerprint density at radius 2 is 0.411 bits per heavy atom. The molecule has 12 rings (SSSR count). The fourth-order valence-electron chi connectivity index (χ4n) is 10.6. The highest BCUT2D eigenvalue weighted by Crippen LogP contribution is 2.41. The monoisotopic (exact) mass is 1250 g/mol. The van der Waals surface area contributed by atoms with E-state index in [9.17, 15) is 14.4 Å². The number of ether oxygens (including phenoxy) is 9. The molecule has 0 unspecified atom stereocenters. The van der Waals surface area contributed by atoms with Crippen molar-refractivity contribution in [2.45, 2.75) is 52.0 Å². The highest BCUT2D eigenvalue weighted by molar-refractivity contribution is 5.93. The summed E-state index contributed by atoms with van der Waals surface area (Å²) >= 11 is 0. The van der Waals surface area contributed by atoms with Crippen LogP contribution in [-0.4, -0.2) is 17.9 Å².